The van der Waals surface area contributed by atoms with Crippen molar-refractivity contribution >= 4 is 26.8 Å². The molecule has 3 aromatic carbocycles. The lowest BCUT2D eigenvalue weighted by molar-refractivity contribution is -0.137. The van der Waals surface area contributed by atoms with Gasteiger partial charge in [0, 0.05) is 18.2 Å². The zero-order chi connectivity index (χ0) is 24.1. The number of aliphatic carboxylic acids is 1. The van der Waals surface area contributed by atoms with E-state index in [4.69, 9.17) is 9.84 Å². The lowest BCUT2D eigenvalue weighted by atomic mass is 10.2. The quantitative estimate of drug-likeness (QED) is 0.315. The van der Waals surface area contributed by atoms with Crippen LogP contribution >= 0.6 is 0 Å². The minimum Gasteiger partial charge on any atom is -0.494 e. The Morgan fingerprint density at radius 1 is 0.971 bits per heavy atom. The van der Waals surface area contributed by atoms with Crippen LogP contribution in [0.3, 0.4) is 0 Å². The highest BCUT2D eigenvalue weighted by Crippen LogP contribution is 2.30. The molecule has 0 aliphatic carbocycles. The number of sulfone groups is 1. The van der Waals surface area contributed by atoms with Crippen LogP contribution in [0, 0.1) is 6.92 Å². The predicted molar refractivity (Wildman–Crippen MR) is 129 cm³/mol. The fourth-order valence-electron chi connectivity index (χ4n) is 3.70. The van der Waals surface area contributed by atoms with E-state index < -0.39 is 15.8 Å². The molecule has 1 heterocycles. The Morgan fingerprint density at radius 3 is 2.41 bits per heavy atom. The molecular weight excluding hydrogens is 452 g/mol. The van der Waals surface area contributed by atoms with Gasteiger partial charge in [0.05, 0.1) is 22.5 Å². The fourth-order valence-corrected chi connectivity index (χ4v) is 5.09. The van der Waals surface area contributed by atoms with Crippen molar-refractivity contribution in [2.24, 2.45) is 0 Å². The van der Waals surface area contributed by atoms with Crippen LogP contribution < -0.4 is 4.74 Å². The van der Waals surface area contributed by atoms with Crippen molar-refractivity contribution in [2.45, 2.75) is 42.7 Å². The van der Waals surface area contributed by atoms with Gasteiger partial charge in [0.1, 0.15) is 5.75 Å². The Labute approximate surface area is 198 Å². The van der Waals surface area contributed by atoms with Gasteiger partial charge in [-0.05, 0) is 62.6 Å². The molecule has 34 heavy (non-hydrogen) atoms. The monoisotopic (exact) mass is 478 g/mol. The van der Waals surface area contributed by atoms with Crippen LogP contribution in [-0.4, -0.2) is 35.7 Å². The first-order chi connectivity index (χ1) is 16.4. The summed E-state index contributed by atoms with van der Waals surface area (Å²) in [5.41, 5.74) is 2.92. The van der Waals surface area contributed by atoms with Gasteiger partial charge in [-0.1, -0.05) is 35.9 Å². The van der Waals surface area contributed by atoms with Gasteiger partial charge in [-0.2, -0.15) is 0 Å². The number of fused-ring (bicyclic) bond motifs is 1. The smallest absolute Gasteiger partial charge is 0.303 e. The summed E-state index contributed by atoms with van der Waals surface area (Å²) in [5.74, 6) is -0.195. The zero-order valence-electron chi connectivity index (χ0n) is 18.8. The Kier molecular flexibility index (Phi) is 6.98. The van der Waals surface area contributed by atoms with Crippen LogP contribution in [0.1, 0.15) is 31.2 Å². The van der Waals surface area contributed by atoms with Crippen LogP contribution in [0.15, 0.2) is 82.8 Å². The summed E-state index contributed by atoms with van der Waals surface area (Å²) >= 11 is 0. The van der Waals surface area contributed by atoms with Crippen LogP contribution in [0.4, 0.5) is 0 Å². The maximum atomic E-state index is 13.5. The number of nitrogens with zero attached hydrogens (tertiary/aromatic N) is 2. The van der Waals surface area contributed by atoms with Crippen molar-refractivity contribution in [3.05, 3.63) is 78.4 Å². The molecule has 4 rings (SSSR count). The summed E-state index contributed by atoms with van der Waals surface area (Å²) in [7, 11) is -3.87. The molecule has 4 aromatic rings. The second-order valence-electron chi connectivity index (χ2n) is 8.09. The van der Waals surface area contributed by atoms with Crippen molar-refractivity contribution in [3.63, 3.8) is 0 Å². The van der Waals surface area contributed by atoms with E-state index in [-0.39, 0.29) is 16.5 Å². The molecule has 0 radical (unpaired) electrons. The molecule has 0 atom stereocenters. The highest BCUT2D eigenvalue weighted by atomic mass is 32.2. The lowest BCUT2D eigenvalue weighted by Crippen LogP contribution is -2.10. The molecule has 0 amide bonds. The lowest BCUT2D eigenvalue weighted by Gasteiger charge is -2.11. The third-order valence-corrected chi connectivity index (χ3v) is 7.13. The van der Waals surface area contributed by atoms with E-state index in [2.05, 4.69) is 4.98 Å². The maximum Gasteiger partial charge on any atom is 0.303 e. The SMILES string of the molecule is Cc1ccc(-n2c(S(=O)(=O)c3ccccc3)nc3ccc(OCCCCCC(=O)O)cc32)cc1. The molecule has 0 spiro atoms. The molecule has 0 saturated carbocycles. The summed E-state index contributed by atoms with van der Waals surface area (Å²) in [6.07, 6.45) is 2.25. The predicted octanol–water partition coefficient (Wildman–Crippen LogP) is 5.19. The largest absolute Gasteiger partial charge is 0.494 e. The van der Waals surface area contributed by atoms with E-state index in [1.165, 1.54) is 0 Å². The van der Waals surface area contributed by atoms with Gasteiger partial charge in [-0.15, -0.1) is 0 Å². The summed E-state index contributed by atoms with van der Waals surface area (Å²) in [6.45, 7) is 2.42. The van der Waals surface area contributed by atoms with Crippen molar-refractivity contribution < 1.29 is 23.1 Å². The molecule has 1 aromatic heterocycles. The number of carboxylic acid groups (broad SMARTS) is 1. The van der Waals surface area contributed by atoms with E-state index in [1.807, 2.05) is 31.2 Å². The Bertz CT molecular complexity index is 1390. The molecular formula is C26H26N2O5S. The third kappa shape index (κ3) is 5.12. The van der Waals surface area contributed by atoms with Gasteiger partial charge in [-0.3, -0.25) is 9.36 Å². The molecule has 0 aliphatic rings. The number of carbonyl (C=O) groups is 1. The minimum absolute atomic E-state index is 0.0524. The topological polar surface area (TPSA) is 98.5 Å². The second-order valence-corrected chi connectivity index (χ2v) is 9.93. The Morgan fingerprint density at radius 2 is 1.71 bits per heavy atom. The molecule has 1 N–H and O–H groups in total. The number of benzene rings is 3. The molecule has 8 heteroatoms. The summed E-state index contributed by atoms with van der Waals surface area (Å²) in [6, 6.07) is 21.2. The van der Waals surface area contributed by atoms with Gasteiger partial charge < -0.3 is 9.84 Å². The molecule has 7 nitrogen and oxygen atoms in total. The van der Waals surface area contributed by atoms with Crippen molar-refractivity contribution in [1.82, 2.24) is 9.55 Å². The van der Waals surface area contributed by atoms with Gasteiger partial charge in [0.25, 0.3) is 0 Å². The highest BCUT2D eigenvalue weighted by molar-refractivity contribution is 7.91. The Balaban J connectivity index is 1.71. The third-order valence-electron chi connectivity index (χ3n) is 5.48. The molecule has 0 bridgehead atoms. The van der Waals surface area contributed by atoms with Gasteiger partial charge >= 0.3 is 5.97 Å². The van der Waals surface area contributed by atoms with E-state index in [0.717, 1.165) is 18.4 Å². The van der Waals surface area contributed by atoms with E-state index >= 15 is 0 Å². The summed E-state index contributed by atoms with van der Waals surface area (Å²) < 4.78 is 34.5. The molecule has 176 valence electrons. The highest BCUT2D eigenvalue weighted by Gasteiger charge is 2.27. The van der Waals surface area contributed by atoms with E-state index in [1.54, 1.807) is 53.1 Å². The van der Waals surface area contributed by atoms with Gasteiger partial charge in [0.2, 0.25) is 15.0 Å². The maximum absolute atomic E-state index is 13.5. The standard InChI is InChI=1S/C26H26N2O5S/c1-19-11-13-20(14-12-19)28-24-18-21(33-17-7-3-6-10-25(29)30)15-16-23(24)27-26(28)34(31,32)22-8-4-2-5-9-22/h2,4-5,8-9,11-16,18H,3,6-7,10,17H2,1H3,(H,29,30). The van der Waals surface area contributed by atoms with Crippen molar-refractivity contribution in [2.75, 3.05) is 6.61 Å². The van der Waals surface area contributed by atoms with Crippen LogP contribution in [0.2, 0.25) is 0 Å². The average Bonchev–Trinajstić information content (AvgIpc) is 3.22. The molecule has 0 unspecified atom stereocenters. The minimum atomic E-state index is -3.87. The van der Waals surface area contributed by atoms with Crippen molar-refractivity contribution in [3.8, 4) is 11.4 Å². The number of carboxylic acids is 1. The first kappa shape index (κ1) is 23.5. The number of ether oxygens (including phenoxy) is 1. The van der Waals surface area contributed by atoms with Crippen molar-refractivity contribution in [1.29, 1.82) is 0 Å². The van der Waals surface area contributed by atoms with Crippen LogP contribution in [0.5, 0.6) is 5.75 Å². The van der Waals surface area contributed by atoms with E-state index in [9.17, 15) is 13.2 Å². The van der Waals surface area contributed by atoms with Crippen LogP contribution in [0.25, 0.3) is 16.7 Å². The number of aromatic nitrogens is 2. The normalized spacial score (nSPS) is 11.6. The number of hydrogen-bond acceptors (Lipinski definition) is 5. The number of rotatable bonds is 10. The first-order valence-corrected chi connectivity index (χ1v) is 12.6. The summed E-state index contributed by atoms with van der Waals surface area (Å²) in [4.78, 5) is 15.3. The number of hydrogen-bond donors (Lipinski definition) is 1. The number of aryl methyl sites for hydroxylation is 1. The molecule has 0 fully saturated rings. The van der Waals surface area contributed by atoms with Crippen LogP contribution in [-0.2, 0) is 14.6 Å². The Hall–Kier alpha value is -3.65. The van der Waals surface area contributed by atoms with Gasteiger partial charge in [0.15, 0.2) is 0 Å². The zero-order valence-corrected chi connectivity index (χ0v) is 19.7. The molecule has 0 saturated heterocycles. The average molecular weight is 479 g/mol. The fraction of sp³-hybridized carbons (Fsp3) is 0.231. The number of imidazole rings is 1. The first-order valence-electron chi connectivity index (χ1n) is 11.1. The summed E-state index contributed by atoms with van der Waals surface area (Å²) in [5, 5.41) is 8.68. The second kappa shape index (κ2) is 10.1. The van der Waals surface area contributed by atoms with E-state index in [0.29, 0.717) is 35.5 Å². The number of unbranched alkanes of at least 4 members (excludes halogenated alkanes) is 2. The molecule has 0 aliphatic heterocycles. The van der Waals surface area contributed by atoms with Gasteiger partial charge in [-0.25, -0.2) is 13.4 Å².